The summed E-state index contributed by atoms with van der Waals surface area (Å²) in [7, 11) is -3.81. The first kappa shape index (κ1) is 22.6. The van der Waals surface area contributed by atoms with E-state index in [0.29, 0.717) is 36.0 Å². The number of benzene rings is 2. The first-order valence-corrected chi connectivity index (χ1v) is 11.3. The fourth-order valence-electron chi connectivity index (χ4n) is 2.82. The lowest BCUT2D eigenvalue weighted by molar-refractivity contribution is -0.116. The maximum absolute atomic E-state index is 12.5. The zero-order valence-electron chi connectivity index (χ0n) is 17.1. The molecule has 0 fully saturated rings. The molecule has 166 valence electrons. The van der Waals surface area contributed by atoms with E-state index in [0.717, 1.165) is 6.42 Å². The Kier molecular flexibility index (Phi) is 7.48. The van der Waals surface area contributed by atoms with Gasteiger partial charge in [0.25, 0.3) is 0 Å². The fraction of sp³-hybridized carbons (Fsp3) is 0.333. The Morgan fingerprint density at radius 2 is 1.74 bits per heavy atom. The normalized spacial score (nSPS) is 13.2. The molecule has 9 nitrogen and oxygen atoms in total. The monoisotopic (exact) mass is 448 g/mol. The van der Waals surface area contributed by atoms with Gasteiger partial charge in [0.1, 0.15) is 0 Å². The predicted octanol–water partition coefficient (Wildman–Crippen LogP) is 2.33. The fourth-order valence-corrected chi connectivity index (χ4v) is 3.87. The van der Waals surface area contributed by atoms with Gasteiger partial charge in [-0.2, -0.15) is 0 Å². The van der Waals surface area contributed by atoms with Gasteiger partial charge >= 0.3 is 5.97 Å². The smallest absolute Gasteiger partial charge is 0.338 e. The number of anilines is 1. The number of fused-ring (bicyclic) bond motifs is 1. The molecule has 10 heteroatoms. The molecule has 0 bridgehead atoms. The standard InChI is InChI=1S/C21H24N2O7S/c1-2-28-21(25)15-4-6-16(7-5-15)23-20(24)10-11-22-31(26,27)17-8-9-18-19(14-17)30-13-3-12-29-18/h4-9,14,22H,2-3,10-13H2,1H3,(H,23,24). The summed E-state index contributed by atoms with van der Waals surface area (Å²) in [6.07, 6.45) is 0.652. The van der Waals surface area contributed by atoms with Crippen molar-refractivity contribution in [3.63, 3.8) is 0 Å². The van der Waals surface area contributed by atoms with E-state index in [4.69, 9.17) is 14.2 Å². The number of nitrogens with one attached hydrogen (secondary N) is 2. The van der Waals surface area contributed by atoms with E-state index in [1.165, 1.54) is 12.1 Å². The molecule has 1 aliphatic rings. The van der Waals surface area contributed by atoms with Crippen molar-refractivity contribution in [1.82, 2.24) is 4.72 Å². The summed E-state index contributed by atoms with van der Waals surface area (Å²) in [5.41, 5.74) is 0.867. The number of hydrogen-bond acceptors (Lipinski definition) is 7. The summed E-state index contributed by atoms with van der Waals surface area (Å²) in [6, 6.07) is 10.6. The molecule has 2 aromatic carbocycles. The Morgan fingerprint density at radius 3 is 2.45 bits per heavy atom. The number of hydrogen-bond donors (Lipinski definition) is 2. The van der Waals surface area contributed by atoms with Crippen molar-refractivity contribution in [3.8, 4) is 11.5 Å². The third-order valence-electron chi connectivity index (χ3n) is 4.35. The summed E-state index contributed by atoms with van der Waals surface area (Å²) in [4.78, 5) is 23.8. The maximum Gasteiger partial charge on any atom is 0.338 e. The van der Waals surface area contributed by atoms with E-state index in [1.807, 2.05) is 0 Å². The average molecular weight is 448 g/mol. The van der Waals surface area contributed by atoms with Gasteiger partial charge in [-0.3, -0.25) is 4.79 Å². The molecule has 0 saturated heterocycles. The summed E-state index contributed by atoms with van der Waals surface area (Å²) in [6.45, 7) is 2.88. The molecular weight excluding hydrogens is 424 g/mol. The van der Waals surface area contributed by atoms with Crippen LogP contribution < -0.4 is 19.5 Å². The highest BCUT2D eigenvalue weighted by atomic mass is 32.2. The number of rotatable bonds is 8. The van der Waals surface area contributed by atoms with Crippen molar-refractivity contribution in [2.45, 2.75) is 24.7 Å². The molecule has 2 N–H and O–H groups in total. The molecule has 0 aliphatic carbocycles. The van der Waals surface area contributed by atoms with Crippen LogP contribution in [0.25, 0.3) is 0 Å². The molecule has 1 heterocycles. The molecule has 1 aliphatic heterocycles. The minimum atomic E-state index is -3.81. The molecule has 0 saturated carbocycles. The van der Waals surface area contributed by atoms with Crippen molar-refractivity contribution in [3.05, 3.63) is 48.0 Å². The summed E-state index contributed by atoms with van der Waals surface area (Å²) in [5.74, 6) is 0.0731. The van der Waals surface area contributed by atoms with Crippen molar-refractivity contribution in [2.75, 3.05) is 31.7 Å². The van der Waals surface area contributed by atoms with E-state index < -0.39 is 16.0 Å². The Morgan fingerprint density at radius 1 is 1.03 bits per heavy atom. The number of esters is 1. The lowest BCUT2D eigenvalue weighted by Gasteiger charge is -2.11. The minimum absolute atomic E-state index is 0.0340. The Hall–Kier alpha value is -3.11. The van der Waals surface area contributed by atoms with Crippen LogP contribution in [0.3, 0.4) is 0 Å². The SMILES string of the molecule is CCOC(=O)c1ccc(NC(=O)CCNS(=O)(=O)c2ccc3c(c2)OCCCO3)cc1. The van der Waals surface area contributed by atoms with Crippen LogP contribution in [0.2, 0.25) is 0 Å². The van der Waals surface area contributed by atoms with Crippen LogP contribution in [0.5, 0.6) is 11.5 Å². The third-order valence-corrected chi connectivity index (χ3v) is 5.81. The van der Waals surface area contributed by atoms with Gasteiger partial charge < -0.3 is 19.5 Å². The van der Waals surface area contributed by atoms with Gasteiger partial charge in [-0.05, 0) is 43.3 Å². The highest BCUT2D eigenvalue weighted by Gasteiger charge is 2.19. The quantitative estimate of drug-likeness (QED) is 0.595. The van der Waals surface area contributed by atoms with Gasteiger partial charge in [0.2, 0.25) is 15.9 Å². The maximum atomic E-state index is 12.5. The highest BCUT2D eigenvalue weighted by molar-refractivity contribution is 7.89. The molecule has 31 heavy (non-hydrogen) atoms. The van der Waals surface area contributed by atoms with Gasteiger partial charge in [-0.15, -0.1) is 0 Å². The lowest BCUT2D eigenvalue weighted by atomic mass is 10.2. The predicted molar refractivity (Wildman–Crippen MR) is 113 cm³/mol. The van der Waals surface area contributed by atoms with Crippen LogP contribution in [0.1, 0.15) is 30.1 Å². The van der Waals surface area contributed by atoms with Gasteiger partial charge in [-0.1, -0.05) is 0 Å². The molecule has 3 rings (SSSR count). The van der Waals surface area contributed by atoms with Gasteiger partial charge in [0, 0.05) is 31.1 Å². The minimum Gasteiger partial charge on any atom is -0.490 e. The summed E-state index contributed by atoms with van der Waals surface area (Å²) < 4.78 is 43.4. The molecular formula is C21H24N2O7S. The van der Waals surface area contributed by atoms with Crippen LogP contribution in [-0.4, -0.2) is 46.7 Å². The molecule has 0 spiro atoms. The molecule has 0 aromatic heterocycles. The number of carbonyl (C=O) groups is 2. The van der Waals surface area contributed by atoms with Gasteiger partial charge in [0.05, 0.1) is 30.3 Å². The van der Waals surface area contributed by atoms with Crippen molar-refractivity contribution < 1.29 is 32.2 Å². The van der Waals surface area contributed by atoms with Crippen LogP contribution in [0.15, 0.2) is 47.4 Å². The molecule has 2 aromatic rings. The second-order valence-corrected chi connectivity index (χ2v) is 8.42. The summed E-state index contributed by atoms with van der Waals surface area (Å²) >= 11 is 0. The van der Waals surface area contributed by atoms with Crippen molar-refractivity contribution >= 4 is 27.6 Å². The van der Waals surface area contributed by atoms with Crippen LogP contribution >= 0.6 is 0 Å². The topological polar surface area (TPSA) is 120 Å². The lowest BCUT2D eigenvalue weighted by Crippen LogP contribution is -2.27. The van der Waals surface area contributed by atoms with Crippen LogP contribution in [0, 0.1) is 0 Å². The number of amides is 1. The Bertz CT molecular complexity index is 1040. The van der Waals surface area contributed by atoms with E-state index in [1.54, 1.807) is 37.3 Å². The third kappa shape index (κ3) is 6.19. The van der Waals surface area contributed by atoms with Gasteiger partial charge in [0.15, 0.2) is 11.5 Å². The van der Waals surface area contributed by atoms with E-state index >= 15 is 0 Å². The van der Waals surface area contributed by atoms with Crippen LogP contribution in [-0.2, 0) is 19.6 Å². The second kappa shape index (κ2) is 10.3. The second-order valence-electron chi connectivity index (χ2n) is 6.65. The molecule has 0 radical (unpaired) electrons. The number of ether oxygens (including phenoxy) is 3. The summed E-state index contributed by atoms with van der Waals surface area (Å²) in [5, 5.41) is 2.65. The van der Waals surface area contributed by atoms with Crippen LogP contribution in [0.4, 0.5) is 5.69 Å². The molecule has 0 unspecified atom stereocenters. The first-order chi connectivity index (χ1) is 14.9. The zero-order valence-corrected chi connectivity index (χ0v) is 17.9. The van der Waals surface area contributed by atoms with E-state index in [9.17, 15) is 18.0 Å². The largest absolute Gasteiger partial charge is 0.490 e. The number of carbonyl (C=O) groups excluding carboxylic acids is 2. The highest BCUT2D eigenvalue weighted by Crippen LogP contribution is 2.31. The van der Waals surface area contributed by atoms with E-state index in [2.05, 4.69) is 10.0 Å². The van der Waals surface area contributed by atoms with Crippen molar-refractivity contribution in [2.24, 2.45) is 0 Å². The first-order valence-electron chi connectivity index (χ1n) is 9.85. The molecule has 1 amide bonds. The Balaban J connectivity index is 1.51. The van der Waals surface area contributed by atoms with E-state index in [-0.39, 0.29) is 30.4 Å². The van der Waals surface area contributed by atoms with Gasteiger partial charge in [-0.25, -0.2) is 17.9 Å². The number of sulfonamides is 1. The average Bonchev–Trinajstić information content (AvgIpc) is 2.99. The Labute approximate surface area is 180 Å². The van der Waals surface area contributed by atoms with Crippen molar-refractivity contribution in [1.29, 1.82) is 0 Å². The zero-order chi connectivity index (χ0) is 22.3. The molecule has 0 atom stereocenters.